The Bertz CT molecular complexity index is 1200. The van der Waals surface area contributed by atoms with Crippen LogP contribution in [0.5, 0.6) is 0 Å². The van der Waals surface area contributed by atoms with Crippen LogP contribution >= 0.6 is 0 Å². The maximum atomic E-state index is 12.9. The third kappa shape index (κ3) is 26.3. The van der Waals surface area contributed by atoms with Gasteiger partial charge in [0, 0.05) is 0 Å². The molecule has 52 heavy (non-hydrogen) atoms. The number of carbonyl (C=O) groups is 2. The van der Waals surface area contributed by atoms with Gasteiger partial charge < -0.3 is 9.47 Å². The highest BCUT2D eigenvalue weighted by atomic mass is 32.2. The van der Waals surface area contributed by atoms with E-state index in [-0.39, 0.29) is 24.3 Å². The summed E-state index contributed by atoms with van der Waals surface area (Å²) in [5, 5.41) is 0. The van der Waals surface area contributed by atoms with Crippen molar-refractivity contribution in [2.45, 2.75) is 199 Å². The number of ether oxygens (including phenoxy) is 2. The lowest BCUT2D eigenvalue weighted by molar-refractivity contribution is 0.0450. The number of allylic oxidation sites excluding steroid dienone is 4. The summed E-state index contributed by atoms with van der Waals surface area (Å²) in [7, 11) is -4.57. The number of hydrogen-bond donors (Lipinski definition) is 1. The van der Waals surface area contributed by atoms with Crippen LogP contribution in [0.15, 0.2) is 47.4 Å². The second kappa shape index (κ2) is 33.1. The van der Waals surface area contributed by atoms with E-state index in [9.17, 15) is 22.6 Å². The summed E-state index contributed by atoms with van der Waals surface area (Å²) in [5.41, 5.74) is -0.300. The molecular weight excluding hydrogens is 673 g/mol. The Morgan fingerprint density at radius 2 is 0.827 bits per heavy atom. The maximum absolute atomic E-state index is 12.9. The van der Waals surface area contributed by atoms with E-state index in [1.54, 1.807) is 0 Å². The Morgan fingerprint density at radius 3 is 1.19 bits per heavy atom. The van der Waals surface area contributed by atoms with Crippen molar-refractivity contribution < 1.29 is 32.0 Å². The zero-order valence-electron chi connectivity index (χ0n) is 33.1. The molecule has 1 aromatic rings. The fraction of sp³-hybridized carbons (Fsp3) is 0.727. The van der Waals surface area contributed by atoms with Crippen LogP contribution in [0, 0.1) is 0 Å². The number of hydrogen-bond acceptors (Lipinski definition) is 6. The SMILES string of the molecule is CCCCCCCCCCC/C=C/CCCCCOC(=O)c1ccc(S(=O)(=O)O)cc1C(=O)OCCCCC/C=C/CCCCCCCCCCC. The molecule has 0 unspecified atom stereocenters. The molecule has 0 aliphatic carbocycles. The highest BCUT2D eigenvalue weighted by molar-refractivity contribution is 7.85. The molecule has 0 aliphatic rings. The summed E-state index contributed by atoms with van der Waals surface area (Å²) in [6, 6.07) is 3.27. The van der Waals surface area contributed by atoms with Crippen molar-refractivity contribution >= 4 is 22.1 Å². The molecule has 0 saturated carbocycles. The summed E-state index contributed by atoms with van der Waals surface area (Å²) < 4.78 is 43.8. The van der Waals surface area contributed by atoms with Gasteiger partial charge in [0.1, 0.15) is 0 Å². The minimum Gasteiger partial charge on any atom is -0.462 e. The zero-order chi connectivity index (χ0) is 38.0. The van der Waals surface area contributed by atoms with Crippen LogP contribution < -0.4 is 0 Å². The van der Waals surface area contributed by atoms with Crippen molar-refractivity contribution in [3.05, 3.63) is 53.6 Å². The molecule has 7 nitrogen and oxygen atoms in total. The Kier molecular flexibility index (Phi) is 30.3. The minimum absolute atomic E-state index is 0.0751. The minimum atomic E-state index is -4.57. The van der Waals surface area contributed by atoms with Gasteiger partial charge in [0.25, 0.3) is 10.1 Å². The van der Waals surface area contributed by atoms with E-state index in [0.717, 1.165) is 63.5 Å². The van der Waals surface area contributed by atoms with Crippen molar-refractivity contribution in [3.8, 4) is 0 Å². The average Bonchev–Trinajstić information content (AvgIpc) is 3.13. The average molecular weight is 747 g/mol. The molecule has 0 bridgehead atoms. The standard InChI is InChI=1S/C44H74O7S/c1-3-5-7-9-11-13-15-17-19-21-23-25-27-29-31-33-37-50-43(45)41-36-35-40(52(47,48)49)39-42(41)44(46)51-38-34-32-30-28-26-24-22-20-18-16-14-12-10-8-6-4-2/h23-26,35-36,39H,3-22,27-34,37-38H2,1-2H3,(H,47,48,49)/b25-23+,26-24+. The largest absolute Gasteiger partial charge is 0.462 e. The van der Waals surface area contributed by atoms with E-state index in [4.69, 9.17) is 9.47 Å². The first-order valence-electron chi connectivity index (χ1n) is 21.1. The Balaban J connectivity index is 2.28. The predicted molar refractivity (Wildman–Crippen MR) is 216 cm³/mol. The first-order chi connectivity index (χ1) is 25.3. The summed E-state index contributed by atoms with van der Waals surface area (Å²) >= 11 is 0. The molecular formula is C44H74O7S. The number of carbonyl (C=O) groups excluding carboxylic acids is 2. The van der Waals surface area contributed by atoms with Crippen LogP contribution in [-0.2, 0) is 19.6 Å². The lowest BCUT2D eigenvalue weighted by Crippen LogP contribution is -2.16. The van der Waals surface area contributed by atoms with Gasteiger partial charge in [-0.3, -0.25) is 4.55 Å². The van der Waals surface area contributed by atoms with Crippen molar-refractivity contribution in [1.29, 1.82) is 0 Å². The van der Waals surface area contributed by atoms with Gasteiger partial charge in [-0.05, 0) is 95.2 Å². The number of rotatable bonds is 35. The van der Waals surface area contributed by atoms with Gasteiger partial charge in [-0.1, -0.05) is 141 Å². The van der Waals surface area contributed by atoms with Crippen LogP contribution in [0.25, 0.3) is 0 Å². The van der Waals surface area contributed by atoms with E-state index >= 15 is 0 Å². The fourth-order valence-electron chi connectivity index (χ4n) is 6.22. The quantitative estimate of drug-likeness (QED) is 0.0319. The van der Waals surface area contributed by atoms with Crippen molar-refractivity contribution in [3.63, 3.8) is 0 Å². The molecule has 0 saturated heterocycles. The zero-order valence-corrected chi connectivity index (χ0v) is 33.9. The van der Waals surface area contributed by atoms with E-state index in [1.807, 2.05) is 0 Å². The van der Waals surface area contributed by atoms with Gasteiger partial charge in [0.05, 0.1) is 29.2 Å². The summed E-state index contributed by atoms with van der Waals surface area (Å²) in [4.78, 5) is 25.3. The topological polar surface area (TPSA) is 107 Å². The number of benzene rings is 1. The van der Waals surface area contributed by atoms with Gasteiger partial charge in [0.15, 0.2) is 0 Å². The Morgan fingerprint density at radius 1 is 0.500 bits per heavy atom. The van der Waals surface area contributed by atoms with Crippen LogP contribution in [0.3, 0.4) is 0 Å². The highest BCUT2D eigenvalue weighted by Gasteiger charge is 2.23. The molecule has 0 atom stereocenters. The van der Waals surface area contributed by atoms with Crippen LogP contribution in [0.4, 0.5) is 0 Å². The summed E-state index contributed by atoms with van der Waals surface area (Å²) in [6.07, 6.45) is 42.4. The number of esters is 2. The number of unbranched alkanes of at least 4 members (excludes halogenated alkanes) is 24. The molecule has 0 aliphatic heterocycles. The first-order valence-corrected chi connectivity index (χ1v) is 22.5. The maximum Gasteiger partial charge on any atom is 0.339 e. The Hall–Kier alpha value is -2.45. The molecule has 1 N–H and O–H groups in total. The van der Waals surface area contributed by atoms with Gasteiger partial charge in [-0.15, -0.1) is 0 Å². The van der Waals surface area contributed by atoms with Gasteiger partial charge in [0.2, 0.25) is 0 Å². The second-order valence-corrected chi connectivity index (χ2v) is 15.8. The Labute approximate surface area is 318 Å². The van der Waals surface area contributed by atoms with Crippen molar-refractivity contribution in [1.82, 2.24) is 0 Å². The lowest BCUT2D eigenvalue weighted by atomic mass is 10.1. The normalized spacial score (nSPS) is 11.9. The van der Waals surface area contributed by atoms with Crippen LogP contribution in [-0.4, -0.2) is 38.1 Å². The molecule has 0 spiro atoms. The van der Waals surface area contributed by atoms with E-state index in [0.29, 0.717) is 12.8 Å². The molecule has 8 heteroatoms. The molecule has 0 amide bonds. The molecule has 0 heterocycles. The van der Waals surface area contributed by atoms with E-state index < -0.39 is 27.0 Å². The summed E-state index contributed by atoms with van der Waals surface area (Å²) in [5.74, 6) is -1.53. The van der Waals surface area contributed by atoms with E-state index in [1.165, 1.54) is 122 Å². The molecule has 298 valence electrons. The monoisotopic (exact) mass is 747 g/mol. The van der Waals surface area contributed by atoms with Gasteiger partial charge in [-0.2, -0.15) is 8.42 Å². The molecule has 0 aromatic heterocycles. The van der Waals surface area contributed by atoms with Crippen LogP contribution in [0.1, 0.15) is 214 Å². The van der Waals surface area contributed by atoms with Crippen molar-refractivity contribution in [2.24, 2.45) is 0 Å². The predicted octanol–water partition coefficient (Wildman–Crippen LogP) is 13.3. The smallest absolute Gasteiger partial charge is 0.339 e. The first kappa shape index (κ1) is 47.6. The molecule has 0 fully saturated rings. The van der Waals surface area contributed by atoms with Crippen LogP contribution in [0.2, 0.25) is 0 Å². The molecule has 1 rings (SSSR count). The molecule has 0 radical (unpaired) electrons. The van der Waals surface area contributed by atoms with Gasteiger partial charge in [-0.25, -0.2) is 9.59 Å². The second-order valence-electron chi connectivity index (χ2n) is 14.3. The fourth-order valence-corrected chi connectivity index (χ4v) is 6.72. The van der Waals surface area contributed by atoms with E-state index in [2.05, 4.69) is 38.2 Å². The third-order valence-corrected chi connectivity index (χ3v) is 10.4. The van der Waals surface area contributed by atoms with Crippen molar-refractivity contribution in [2.75, 3.05) is 13.2 Å². The van der Waals surface area contributed by atoms with Gasteiger partial charge >= 0.3 is 11.9 Å². The summed E-state index contributed by atoms with van der Waals surface area (Å²) in [6.45, 7) is 4.86. The lowest BCUT2D eigenvalue weighted by Gasteiger charge is -2.11. The highest BCUT2D eigenvalue weighted by Crippen LogP contribution is 2.20. The molecule has 1 aromatic carbocycles. The third-order valence-electron chi connectivity index (χ3n) is 9.51.